The van der Waals surface area contributed by atoms with E-state index in [0.29, 0.717) is 6.61 Å². The molecule has 166 valence electrons. The molecule has 3 aliphatic rings. The molecule has 33 heavy (non-hydrogen) atoms. The third-order valence-electron chi connectivity index (χ3n) is 7.79. The fourth-order valence-corrected chi connectivity index (χ4v) is 5.76. The van der Waals surface area contributed by atoms with Gasteiger partial charge in [0.25, 0.3) is 0 Å². The standard InChI is InChI=1S/C31H31NO/c1-21-8-5-9-22(2)29(21)26-11-6-10-24(23(26)3)20-33-30(4)14-13-27-25(18-30)19-31(15-16-31)28(27)12-7-17-32/h5-11,13-14H,15-16,18-20H2,1-4H3. The summed E-state index contributed by atoms with van der Waals surface area (Å²) in [6.45, 7) is 9.38. The minimum absolute atomic E-state index is 0.240. The first-order chi connectivity index (χ1) is 15.9. The zero-order valence-corrected chi connectivity index (χ0v) is 20.1. The molecule has 0 amide bonds. The molecule has 3 aliphatic carbocycles. The molecular formula is C31H31NO. The Balaban J connectivity index is 1.37. The zero-order chi connectivity index (χ0) is 23.2. The molecule has 0 saturated heterocycles. The molecule has 2 aromatic rings. The molecule has 1 fully saturated rings. The highest BCUT2D eigenvalue weighted by molar-refractivity contribution is 5.74. The van der Waals surface area contributed by atoms with E-state index in [1.165, 1.54) is 69.0 Å². The van der Waals surface area contributed by atoms with Crippen LogP contribution < -0.4 is 0 Å². The van der Waals surface area contributed by atoms with Gasteiger partial charge in [-0.25, -0.2) is 0 Å². The molecular weight excluding hydrogens is 402 g/mol. The second kappa shape index (κ2) is 8.03. The third kappa shape index (κ3) is 3.83. The fourth-order valence-electron chi connectivity index (χ4n) is 5.76. The summed E-state index contributed by atoms with van der Waals surface area (Å²) in [4.78, 5) is 0. The monoisotopic (exact) mass is 433 g/mol. The van der Waals surface area contributed by atoms with Crippen molar-refractivity contribution in [1.82, 2.24) is 0 Å². The third-order valence-corrected chi connectivity index (χ3v) is 7.79. The predicted octanol–water partition coefficient (Wildman–Crippen LogP) is 7.60. The van der Waals surface area contributed by atoms with Crippen molar-refractivity contribution in [2.24, 2.45) is 5.41 Å². The van der Waals surface area contributed by atoms with E-state index in [-0.39, 0.29) is 11.0 Å². The second-order valence-corrected chi connectivity index (χ2v) is 10.2. The van der Waals surface area contributed by atoms with Gasteiger partial charge in [-0.2, -0.15) is 5.26 Å². The van der Waals surface area contributed by atoms with Gasteiger partial charge in [0, 0.05) is 17.4 Å². The summed E-state index contributed by atoms with van der Waals surface area (Å²) in [5, 5.41) is 8.98. The highest BCUT2D eigenvalue weighted by Gasteiger charge is 2.53. The molecule has 1 saturated carbocycles. The van der Waals surface area contributed by atoms with Crippen LogP contribution in [0.1, 0.15) is 54.9 Å². The van der Waals surface area contributed by atoms with Crippen LogP contribution in [0.2, 0.25) is 0 Å². The summed E-state index contributed by atoms with van der Waals surface area (Å²) < 4.78 is 6.59. The molecule has 1 unspecified atom stereocenters. The number of benzene rings is 2. The van der Waals surface area contributed by atoms with Crippen molar-refractivity contribution in [3.8, 4) is 17.2 Å². The second-order valence-electron chi connectivity index (χ2n) is 10.2. The Morgan fingerprint density at radius 3 is 2.45 bits per heavy atom. The van der Waals surface area contributed by atoms with Gasteiger partial charge in [-0.1, -0.05) is 54.1 Å². The summed E-state index contributed by atoms with van der Waals surface area (Å²) in [5.74, 6) is 0. The lowest BCUT2D eigenvalue weighted by atomic mass is 9.87. The molecule has 0 aliphatic heterocycles. The molecule has 2 heteroatoms. The van der Waals surface area contributed by atoms with Crippen LogP contribution in [0.15, 0.2) is 77.1 Å². The van der Waals surface area contributed by atoms with Gasteiger partial charge >= 0.3 is 0 Å². The van der Waals surface area contributed by atoms with Gasteiger partial charge in [-0.15, -0.1) is 5.73 Å². The van der Waals surface area contributed by atoms with Gasteiger partial charge in [0.2, 0.25) is 0 Å². The highest BCUT2D eigenvalue weighted by atomic mass is 16.5. The molecule has 2 aromatic carbocycles. The van der Waals surface area contributed by atoms with Gasteiger partial charge in [0.1, 0.15) is 0 Å². The number of ether oxygens (including phenoxy) is 1. The lowest BCUT2D eigenvalue weighted by Gasteiger charge is -2.31. The topological polar surface area (TPSA) is 33.0 Å². The van der Waals surface area contributed by atoms with Crippen LogP contribution >= 0.6 is 0 Å². The lowest BCUT2D eigenvalue weighted by molar-refractivity contribution is -0.00795. The van der Waals surface area contributed by atoms with Crippen molar-refractivity contribution in [3.63, 3.8) is 0 Å². The number of rotatable bonds is 4. The zero-order valence-electron chi connectivity index (χ0n) is 20.1. The Bertz CT molecular complexity index is 1280. The summed E-state index contributed by atoms with van der Waals surface area (Å²) in [6.07, 6.45) is 10.4. The first kappa shape index (κ1) is 21.7. The maximum atomic E-state index is 8.98. The number of aryl methyl sites for hydroxylation is 2. The number of hydrogen-bond acceptors (Lipinski definition) is 2. The average molecular weight is 434 g/mol. The Morgan fingerprint density at radius 2 is 1.76 bits per heavy atom. The average Bonchev–Trinajstić information content (AvgIpc) is 3.48. The molecule has 0 N–H and O–H groups in total. The van der Waals surface area contributed by atoms with Crippen LogP contribution in [-0.4, -0.2) is 5.60 Å². The minimum Gasteiger partial charge on any atom is -0.366 e. The predicted molar refractivity (Wildman–Crippen MR) is 134 cm³/mol. The molecule has 0 bridgehead atoms. The van der Waals surface area contributed by atoms with E-state index in [2.05, 4.69) is 88.0 Å². The van der Waals surface area contributed by atoms with Crippen LogP contribution in [0.25, 0.3) is 11.1 Å². The maximum Gasteiger partial charge on any atom is 0.0996 e. The van der Waals surface area contributed by atoms with Gasteiger partial charge in [-0.05, 0) is 85.9 Å². The Kier molecular flexibility index (Phi) is 5.29. The maximum absolute atomic E-state index is 8.98. The van der Waals surface area contributed by atoms with Crippen LogP contribution in [0.5, 0.6) is 0 Å². The Morgan fingerprint density at radius 1 is 1.03 bits per heavy atom. The Labute approximate surface area is 197 Å². The minimum atomic E-state index is -0.315. The van der Waals surface area contributed by atoms with Gasteiger partial charge in [-0.3, -0.25) is 0 Å². The van der Waals surface area contributed by atoms with Crippen LogP contribution in [0.3, 0.4) is 0 Å². The molecule has 0 aromatic heterocycles. The van der Waals surface area contributed by atoms with Crippen molar-refractivity contribution in [1.29, 1.82) is 5.26 Å². The SMILES string of the molecule is Cc1cccc(C)c1-c1cccc(COC2(C)C=CC3=C(C2)CC2(CC2)C3=C=CC#N)c1C. The quantitative estimate of drug-likeness (QED) is 0.367. The summed E-state index contributed by atoms with van der Waals surface area (Å²) in [7, 11) is 0. The van der Waals surface area contributed by atoms with E-state index >= 15 is 0 Å². The van der Waals surface area contributed by atoms with E-state index in [4.69, 9.17) is 10.00 Å². The molecule has 1 spiro atoms. The van der Waals surface area contributed by atoms with Crippen molar-refractivity contribution in [3.05, 3.63) is 99.3 Å². The first-order valence-electron chi connectivity index (χ1n) is 11.9. The van der Waals surface area contributed by atoms with Crippen LogP contribution in [0, 0.1) is 37.5 Å². The molecule has 5 rings (SSSR count). The van der Waals surface area contributed by atoms with Crippen molar-refractivity contribution in [2.45, 2.75) is 65.6 Å². The van der Waals surface area contributed by atoms with E-state index in [1.54, 1.807) is 0 Å². The molecule has 0 radical (unpaired) electrons. The molecule has 0 heterocycles. The normalized spacial score (nSPS) is 22.2. The van der Waals surface area contributed by atoms with E-state index < -0.39 is 0 Å². The smallest absolute Gasteiger partial charge is 0.0996 e. The number of allylic oxidation sites excluding steroid dienone is 3. The number of nitrogens with zero attached hydrogens (tertiary/aromatic N) is 1. The summed E-state index contributed by atoms with van der Waals surface area (Å²) in [5.41, 5.74) is 15.0. The summed E-state index contributed by atoms with van der Waals surface area (Å²) >= 11 is 0. The van der Waals surface area contributed by atoms with Crippen molar-refractivity contribution >= 4 is 0 Å². The van der Waals surface area contributed by atoms with Gasteiger partial charge in [0.05, 0.1) is 24.4 Å². The summed E-state index contributed by atoms with van der Waals surface area (Å²) in [6, 6.07) is 15.2. The lowest BCUT2D eigenvalue weighted by Crippen LogP contribution is -2.28. The Hall–Kier alpha value is -3.11. The largest absolute Gasteiger partial charge is 0.366 e. The fraction of sp³-hybridized carbons (Fsp3) is 0.355. The van der Waals surface area contributed by atoms with Gasteiger partial charge in [0.15, 0.2) is 0 Å². The van der Waals surface area contributed by atoms with Gasteiger partial charge < -0.3 is 4.74 Å². The van der Waals surface area contributed by atoms with Crippen molar-refractivity contribution < 1.29 is 4.74 Å². The van der Waals surface area contributed by atoms with E-state index in [0.717, 1.165) is 12.8 Å². The van der Waals surface area contributed by atoms with E-state index in [9.17, 15) is 0 Å². The van der Waals surface area contributed by atoms with Crippen molar-refractivity contribution in [2.75, 3.05) is 0 Å². The van der Waals surface area contributed by atoms with E-state index in [1.807, 2.05) is 0 Å². The van der Waals surface area contributed by atoms with Crippen LogP contribution in [-0.2, 0) is 11.3 Å². The number of nitriles is 1. The van der Waals surface area contributed by atoms with Crippen LogP contribution in [0.4, 0.5) is 0 Å². The number of hydrogen-bond donors (Lipinski definition) is 0. The highest BCUT2D eigenvalue weighted by Crippen LogP contribution is 2.64. The molecule has 2 nitrogen and oxygen atoms in total. The first-order valence-corrected chi connectivity index (χ1v) is 11.9. The molecule has 1 atom stereocenters.